The number of nitrogens with zero attached hydrogens (tertiary/aromatic N) is 1. The van der Waals surface area contributed by atoms with Gasteiger partial charge >= 0.3 is 0 Å². The number of fused-ring (bicyclic) bond motifs is 1. The third-order valence-electron chi connectivity index (χ3n) is 2.23. The summed E-state index contributed by atoms with van der Waals surface area (Å²) in [5.41, 5.74) is 9.07. The van der Waals surface area contributed by atoms with Crippen molar-refractivity contribution < 1.29 is 0 Å². The number of benzene rings is 1. The average Bonchev–Trinajstić information content (AvgIpc) is 2.64. The molecule has 1 heterocycles. The minimum Gasteiger partial charge on any atom is -0.386 e. The van der Waals surface area contributed by atoms with Gasteiger partial charge in [-0.05, 0) is 23.3 Å². The molecule has 0 fully saturated rings. The van der Waals surface area contributed by atoms with Crippen LogP contribution in [0.1, 0.15) is 11.1 Å². The van der Waals surface area contributed by atoms with Crippen molar-refractivity contribution in [2.24, 2.45) is 10.7 Å². The fourth-order valence-corrected chi connectivity index (χ4v) is 1.61. The molecule has 3 nitrogen and oxygen atoms in total. The summed E-state index contributed by atoms with van der Waals surface area (Å²) in [5.74, 6) is 0.729. The Morgan fingerprint density at radius 1 is 1.43 bits per heavy atom. The standard InChI is InChI=1S/C10H12ClN3/c11-4-10(12)14-9-2-1-7-5-13-6-8(7)3-9/h1-3,13H,4-6H2,(H2,12,14). The summed E-state index contributed by atoms with van der Waals surface area (Å²) in [5, 5.41) is 3.28. The Kier molecular flexibility index (Phi) is 2.70. The van der Waals surface area contributed by atoms with Gasteiger partial charge in [0, 0.05) is 13.1 Å². The van der Waals surface area contributed by atoms with Crippen LogP contribution in [-0.4, -0.2) is 11.7 Å². The second kappa shape index (κ2) is 3.98. The minimum absolute atomic E-state index is 0.273. The van der Waals surface area contributed by atoms with Crippen LogP contribution in [0, 0.1) is 0 Å². The number of aliphatic imine (C=N–C) groups is 1. The smallest absolute Gasteiger partial charge is 0.115 e. The summed E-state index contributed by atoms with van der Waals surface area (Å²) in [4.78, 5) is 4.19. The highest BCUT2D eigenvalue weighted by atomic mass is 35.5. The molecule has 0 atom stereocenters. The first-order chi connectivity index (χ1) is 6.79. The maximum Gasteiger partial charge on any atom is 0.115 e. The molecule has 0 unspecified atom stereocenters. The maximum atomic E-state index is 5.55. The molecule has 0 amide bonds. The molecule has 0 bridgehead atoms. The lowest BCUT2D eigenvalue weighted by Gasteiger charge is -2.00. The van der Waals surface area contributed by atoms with Gasteiger partial charge in [0.25, 0.3) is 0 Å². The highest BCUT2D eigenvalue weighted by molar-refractivity contribution is 6.28. The maximum absolute atomic E-state index is 5.55. The van der Waals surface area contributed by atoms with Crippen molar-refractivity contribution >= 4 is 23.1 Å². The van der Waals surface area contributed by atoms with Crippen LogP contribution in [0.5, 0.6) is 0 Å². The number of halogens is 1. The van der Waals surface area contributed by atoms with Crippen molar-refractivity contribution in [2.75, 3.05) is 5.88 Å². The van der Waals surface area contributed by atoms with Crippen molar-refractivity contribution in [3.05, 3.63) is 29.3 Å². The van der Waals surface area contributed by atoms with Crippen LogP contribution in [0.25, 0.3) is 0 Å². The lowest BCUT2D eigenvalue weighted by Crippen LogP contribution is -2.12. The molecule has 2 rings (SSSR count). The van der Waals surface area contributed by atoms with E-state index in [1.807, 2.05) is 6.07 Å². The lowest BCUT2D eigenvalue weighted by atomic mass is 10.1. The van der Waals surface area contributed by atoms with Gasteiger partial charge in [0.05, 0.1) is 11.6 Å². The zero-order valence-electron chi connectivity index (χ0n) is 7.76. The number of rotatable bonds is 2. The van der Waals surface area contributed by atoms with Crippen molar-refractivity contribution in [3.63, 3.8) is 0 Å². The Bertz CT molecular complexity index is 374. The normalized spacial score (nSPS) is 15.6. The van der Waals surface area contributed by atoms with Crippen molar-refractivity contribution in [3.8, 4) is 0 Å². The van der Waals surface area contributed by atoms with E-state index in [1.54, 1.807) is 0 Å². The van der Waals surface area contributed by atoms with Crippen molar-refractivity contribution in [1.29, 1.82) is 0 Å². The van der Waals surface area contributed by atoms with Crippen LogP contribution in [-0.2, 0) is 13.1 Å². The molecule has 74 valence electrons. The van der Waals surface area contributed by atoms with Crippen molar-refractivity contribution in [1.82, 2.24) is 5.32 Å². The van der Waals surface area contributed by atoms with E-state index in [0.29, 0.717) is 5.84 Å². The van der Waals surface area contributed by atoms with Crippen LogP contribution in [0.2, 0.25) is 0 Å². The van der Waals surface area contributed by atoms with E-state index in [-0.39, 0.29) is 5.88 Å². The van der Waals surface area contributed by atoms with E-state index in [0.717, 1.165) is 18.8 Å². The first-order valence-corrected chi connectivity index (χ1v) is 5.04. The first kappa shape index (κ1) is 9.49. The van der Waals surface area contributed by atoms with E-state index < -0.39 is 0 Å². The van der Waals surface area contributed by atoms with Gasteiger partial charge in [-0.1, -0.05) is 6.07 Å². The van der Waals surface area contributed by atoms with Crippen LogP contribution >= 0.6 is 11.6 Å². The predicted molar refractivity (Wildman–Crippen MR) is 59.0 cm³/mol. The van der Waals surface area contributed by atoms with E-state index in [9.17, 15) is 0 Å². The molecular weight excluding hydrogens is 198 g/mol. The zero-order chi connectivity index (χ0) is 9.97. The number of nitrogens with one attached hydrogen (secondary N) is 1. The van der Waals surface area contributed by atoms with Gasteiger partial charge in [-0.15, -0.1) is 11.6 Å². The summed E-state index contributed by atoms with van der Waals surface area (Å²) in [7, 11) is 0. The molecule has 3 N–H and O–H groups in total. The quantitative estimate of drug-likeness (QED) is 0.441. The van der Waals surface area contributed by atoms with E-state index in [1.165, 1.54) is 11.1 Å². The second-order valence-electron chi connectivity index (χ2n) is 3.29. The molecule has 0 aliphatic carbocycles. The lowest BCUT2D eigenvalue weighted by molar-refractivity contribution is 0.765. The highest BCUT2D eigenvalue weighted by Crippen LogP contribution is 2.21. The first-order valence-electron chi connectivity index (χ1n) is 4.51. The van der Waals surface area contributed by atoms with E-state index in [2.05, 4.69) is 22.4 Å². The monoisotopic (exact) mass is 209 g/mol. The number of amidine groups is 1. The molecule has 1 aliphatic heterocycles. The molecule has 1 aromatic rings. The van der Waals surface area contributed by atoms with Crippen molar-refractivity contribution in [2.45, 2.75) is 13.1 Å². The summed E-state index contributed by atoms with van der Waals surface area (Å²) in [6, 6.07) is 6.09. The molecule has 0 saturated carbocycles. The van der Waals surface area contributed by atoms with Gasteiger partial charge in [0.1, 0.15) is 5.84 Å². The Hall–Kier alpha value is -1.06. The van der Waals surface area contributed by atoms with Gasteiger partial charge in [0.2, 0.25) is 0 Å². The molecule has 14 heavy (non-hydrogen) atoms. The van der Waals surface area contributed by atoms with E-state index >= 15 is 0 Å². The van der Waals surface area contributed by atoms with Gasteiger partial charge in [0.15, 0.2) is 0 Å². The van der Waals surface area contributed by atoms with Gasteiger partial charge in [-0.2, -0.15) is 0 Å². The molecule has 0 aromatic heterocycles. The average molecular weight is 210 g/mol. The summed E-state index contributed by atoms with van der Waals surface area (Å²) < 4.78 is 0. The molecule has 1 aromatic carbocycles. The van der Waals surface area contributed by atoms with Gasteiger partial charge < -0.3 is 11.1 Å². The Morgan fingerprint density at radius 2 is 2.21 bits per heavy atom. The van der Waals surface area contributed by atoms with Crippen LogP contribution < -0.4 is 11.1 Å². The minimum atomic E-state index is 0.273. The summed E-state index contributed by atoms with van der Waals surface area (Å²) >= 11 is 5.55. The predicted octanol–water partition coefficient (Wildman–Crippen LogP) is 1.52. The number of alkyl halides is 1. The van der Waals surface area contributed by atoms with Crippen LogP contribution in [0.4, 0.5) is 5.69 Å². The van der Waals surface area contributed by atoms with Crippen LogP contribution in [0.15, 0.2) is 23.2 Å². The highest BCUT2D eigenvalue weighted by Gasteiger charge is 2.09. The fourth-order valence-electron chi connectivity index (χ4n) is 1.55. The third-order valence-corrected chi connectivity index (χ3v) is 2.50. The molecule has 4 heteroatoms. The number of nitrogens with two attached hydrogens (primary N) is 1. The SMILES string of the molecule is NC(CCl)=Nc1ccc2c(c1)CNC2. The summed E-state index contributed by atoms with van der Waals surface area (Å²) in [6.45, 7) is 1.86. The fraction of sp³-hybridized carbons (Fsp3) is 0.300. The molecule has 0 spiro atoms. The van der Waals surface area contributed by atoms with Gasteiger partial charge in [-0.3, -0.25) is 0 Å². The van der Waals surface area contributed by atoms with Crippen LogP contribution in [0.3, 0.4) is 0 Å². The second-order valence-corrected chi connectivity index (χ2v) is 3.56. The molecule has 0 radical (unpaired) electrons. The third kappa shape index (κ3) is 1.89. The Morgan fingerprint density at radius 3 is 3.00 bits per heavy atom. The Balaban J connectivity index is 2.29. The summed E-state index contributed by atoms with van der Waals surface area (Å²) in [6.07, 6.45) is 0. The largest absolute Gasteiger partial charge is 0.386 e. The zero-order valence-corrected chi connectivity index (χ0v) is 8.51. The number of hydrogen-bond donors (Lipinski definition) is 2. The molecule has 0 saturated heterocycles. The Labute approximate surface area is 88.0 Å². The molecule has 1 aliphatic rings. The topological polar surface area (TPSA) is 50.4 Å². The van der Waals surface area contributed by atoms with E-state index in [4.69, 9.17) is 17.3 Å². The van der Waals surface area contributed by atoms with Gasteiger partial charge in [-0.25, -0.2) is 4.99 Å². The molecular formula is C10H12ClN3. The number of hydrogen-bond acceptors (Lipinski definition) is 2.